The Kier molecular flexibility index (Phi) is 3.09. The van der Waals surface area contributed by atoms with Crippen LogP contribution in [0.4, 0.5) is 0 Å². The van der Waals surface area contributed by atoms with Crippen LogP contribution in [0.25, 0.3) is 0 Å². The summed E-state index contributed by atoms with van der Waals surface area (Å²) in [5, 5.41) is 0. The van der Waals surface area contributed by atoms with Crippen molar-refractivity contribution < 1.29 is 4.74 Å². The maximum Gasteiger partial charge on any atom is 0.0935 e. The van der Waals surface area contributed by atoms with Gasteiger partial charge in [-0.15, -0.1) is 0 Å². The molecule has 2 saturated heterocycles. The van der Waals surface area contributed by atoms with Gasteiger partial charge in [0.25, 0.3) is 0 Å². The van der Waals surface area contributed by atoms with Crippen molar-refractivity contribution >= 4 is 0 Å². The highest BCUT2D eigenvalue weighted by molar-refractivity contribution is 5.00. The number of nitrogens with zero attached hydrogens (tertiary/aromatic N) is 1. The molecule has 88 valence electrons. The van der Waals surface area contributed by atoms with Crippen LogP contribution >= 0.6 is 0 Å². The molecule has 0 bridgehead atoms. The van der Waals surface area contributed by atoms with E-state index in [1.807, 2.05) is 0 Å². The minimum absolute atomic E-state index is 0.246. The molecule has 2 rings (SSSR count). The Labute approximate surface area is 94.0 Å². The second kappa shape index (κ2) is 4.06. The zero-order chi connectivity index (χ0) is 11.1. The summed E-state index contributed by atoms with van der Waals surface area (Å²) in [5.41, 5.74) is 0.246. The Balaban J connectivity index is 1.80. The average Bonchev–Trinajstić information content (AvgIpc) is 2.13. The van der Waals surface area contributed by atoms with E-state index < -0.39 is 0 Å². The molecule has 0 aliphatic carbocycles. The Hall–Kier alpha value is -0.0800. The number of hydrogen-bond acceptors (Lipinski definition) is 2. The first-order valence-corrected chi connectivity index (χ1v) is 6.40. The first-order chi connectivity index (χ1) is 7.02. The molecular formula is C13H25NO. The molecule has 0 saturated carbocycles. The van der Waals surface area contributed by atoms with E-state index in [1.54, 1.807) is 0 Å². The summed E-state index contributed by atoms with van der Waals surface area (Å²) in [5.74, 6) is 1.58. The fraction of sp³-hybridized carbons (Fsp3) is 1.00. The van der Waals surface area contributed by atoms with Crippen LogP contribution in [0.15, 0.2) is 0 Å². The third-order valence-corrected chi connectivity index (χ3v) is 4.23. The summed E-state index contributed by atoms with van der Waals surface area (Å²) < 4.78 is 6.11. The second-order valence-corrected chi connectivity index (χ2v) is 6.04. The van der Waals surface area contributed by atoms with Gasteiger partial charge in [0.05, 0.1) is 12.2 Å². The van der Waals surface area contributed by atoms with Crippen molar-refractivity contribution in [2.24, 2.45) is 11.8 Å². The van der Waals surface area contributed by atoms with E-state index in [1.165, 1.54) is 12.8 Å². The Bertz CT molecular complexity index is 209. The summed E-state index contributed by atoms with van der Waals surface area (Å²) in [6.07, 6.45) is 2.64. The van der Waals surface area contributed by atoms with Gasteiger partial charge in [-0.2, -0.15) is 0 Å². The van der Waals surface area contributed by atoms with E-state index in [0.29, 0.717) is 6.04 Å². The van der Waals surface area contributed by atoms with Gasteiger partial charge in [0.1, 0.15) is 0 Å². The highest BCUT2D eigenvalue weighted by atomic mass is 16.5. The number of rotatable bonds is 2. The molecule has 2 aliphatic heterocycles. The molecular weight excluding hydrogens is 186 g/mol. The van der Waals surface area contributed by atoms with Crippen LogP contribution in [0.5, 0.6) is 0 Å². The van der Waals surface area contributed by atoms with Crippen LogP contribution in [-0.2, 0) is 4.74 Å². The third-order valence-electron chi connectivity index (χ3n) is 4.23. The SMILES string of the molecule is CC(C)C1CCC2(CN(C(C)C)C2)OC1. The van der Waals surface area contributed by atoms with Gasteiger partial charge >= 0.3 is 0 Å². The van der Waals surface area contributed by atoms with Crippen LogP contribution in [0, 0.1) is 11.8 Å². The third kappa shape index (κ3) is 2.21. The zero-order valence-corrected chi connectivity index (χ0v) is 10.6. The molecule has 1 spiro atoms. The zero-order valence-electron chi connectivity index (χ0n) is 10.6. The minimum Gasteiger partial charge on any atom is -0.372 e. The maximum absolute atomic E-state index is 6.11. The first-order valence-electron chi connectivity index (χ1n) is 6.40. The Morgan fingerprint density at radius 1 is 1.20 bits per heavy atom. The minimum atomic E-state index is 0.246. The van der Waals surface area contributed by atoms with Crippen molar-refractivity contribution in [1.29, 1.82) is 0 Å². The van der Waals surface area contributed by atoms with Crippen molar-refractivity contribution in [1.82, 2.24) is 4.90 Å². The van der Waals surface area contributed by atoms with Gasteiger partial charge in [0.15, 0.2) is 0 Å². The highest BCUT2D eigenvalue weighted by Crippen LogP contribution is 2.38. The topological polar surface area (TPSA) is 12.5 Å². The van der Waals surface area contributed by atoms with Crippen molar-refractivity contribution in [3.63, 3.8) is 0 Å². The lowest BCUT2D eigenvalue weighted by Crippen LogP contribution is -2.66. The predicted molar refractivity (Wildman–Crippen MR) is 63.0 cm³/mol. The van der Waals surface area contributed by atoms with Crippen LogP contribution in [0.2, 0.25) is 0 Å². The quantitative estimate of drug-likeness (QED) is 0.696. The fourth-order valence-corrected chi connectivity index (χ4v) is 2.72. The fourth-order valence-electron chi connectivity index (χ4n) is 2.72. The molecule has 2 aliphatic rings. The standard InChI is InChI=1S/C13H25NO/c1-10(2)12-5-6-13(15-7-12)8-14(9-13)11(3)4/h10-12H,5-9H2,1-4H3. The predicted octanol–water partition coefficient (Wildman–Crippen LogP) is 2.53. The maximum atomic E-state index is 6.11. The van der Waals surface area contributed by atoms with Crippen LogP contribution in [0.1, 0.15) is 40.5 Å². The van der Waals surface area contributed by atoms with Crippen LogP contribution in [-0.4, -0.2) is 36.2 Å². The molecule has 1 atom stereocenters. The summed E-state index contributed by atoms with van der Waals surface area (Å²) in [7, 11) is 0. The van der Waals surface area contributed by atoms with Gasteiger partial charge in [0.2, 0.25) is 0 Å². The van der Waals surface area contributed by atoms with Gasteiger partial charge in [-0.05, 0) is 38.5 Å². The largest absolute Gasteiger partial charge is 0.372 e. The molecule has 2 nitrogen and oxygen atoms in total. The molecule has 2 heteroatoms. The molecule has 0 aromatic carbocycles. The van der Waals surface area contributed by atoms with E-state index in [0.717, 1.165) is 31.5 Å². The molecule has 2 heterocycles. The molecule has 1 unspecified atom stereocenters. The Morgan fingerprint density at radius 2 is 1.87 bits per heavy atom. The number of hydrogen-bond donors (Lipinski definition) is 0. The van der Waals surface area contributed by atoms with E-state index in [9.17, 15) is 0 Å². The van der Waals surface area contributed by atoms with Gasteiger partial charge in [0, 0.05) is 19.1 Å². The summed E-state index contributed by atoms with van der Waals surface area (Å²) in [6, 6.07) is 0.682. The van der Waals surface area contributed by atoms with E-state index in [-0.39, 0.29) is 5.60 Å². The molecule has 2 fully saturated rings. The highest BCUT2D eigenvalue weighted by Gasteiger charge is 2.47. The monoisotopic (exact) mass is 211 g/mol. The van der Waals surface area contributed by atoms with Gasteiger partial charge in [-0.3, -0.25) is 4.90 Å². The molecule has 0 radical (unpaired) electrons. The van der Waals surface area contributed by atoms with E-state index in [2.05, 4.69) is 32.6 Å². The molecule has 15 heavy (non-hydrogen) atoms. The molecule has 0 amide bonds. The van der Waals surface area contributed by atoms with Crippen LogP contribution < -0.4 is 0 Å². The first kappa shape index (κ1) is 11.4. The summed E-state index contributed by atoms with van der Waals surface area (Å²) in [6.45, 7) is 12.5. The smallest absolute Gasteiger partial charge is 0.0935 e. The average molecular weight is 211 g/mol. The van der Waals surface area contributed by atoms with Crippen LogP contribution in [0.3, 0.4) is 0 Å². The second-order valence-electron chi connectivity index (χ2n) is 6.04. The number of likely N-dealkylation sites (tertiary alicyclic amines) is 1. The molecule has 0 aromatic rings. The van der Waals surface area contributed by atoms with Gasteiger partial charge in [-0.25, -0.2) is 0 Å². The molecule has 0 aromatic heterocycles. The lowest BCUT2D eigenvalue weighted by Gasteiger charge is -2.54. The Morgan fingerprint density at radius 3 is 2.27 bits per heavy atom. The van der Waals surface area contributed by atoms with Crippen molar-refractivity contribution in [3.05, 3.63) is 0 Å². The molecule has 0 N–H and O–H groups in total. The summed E-state index contributed by atoms with van der Waals surface area (Å²) >= 11 is 0. The lowest BCUT2D eigenvalue weighted by molar-refractivity contribution is -0.190. The normalized spacial score (nSPS) is 31.2. The number of ether oxygens (including phenoxy) is 1. The van der Waals surface area contributed by atoms with Crippen molar-refractivity contribution in [3.8, 4) is 0 Å². The summed E-state index contributed by atoms with van der Waals surface area (Å²) in [4.78, 5) is 2.51. The van der Waals surface area contributed by atoms with Crippen molar-refractivity contribution in [2.45, 2.75) is 52.2 Å². The van der Waals surface area contributed by atoms with Crippen molar-refractivity contribution in [2.75, 3.05) is 19.7 Å². The van der Waals surface area contributed by atoms with E-state index in [4.69, 9.17) is 4.74 Å². The lowest BCUT2D eigenvalue weighted by atomic mass is 9.79. The van der Waals surface area contributed by atoms with Gasteiger partial charge in [-0.1, -0.05) is 13.8 Å². The van der Waals surface area contributed by atoms with Gasteiger partial charge < -0.3 is 4.74 Å². The van der Waals surface area contributed by atoms with E-state index >= 15 is 0 Å².